The Bertz CT molecular complexity index is 1190. The summed E-state index contributed by atoms with van der Waals surface area (Å²) in [5.74, 6) is -1.76. The summed E-state index contributed by atoms with van der Waals surface area (Å²) in [6.07, 6.45) is 2.93. The Hall–Kier alpha value is -3.07. The molecule has 33 heavy (non-hydrogen) atoms. The number of aryl methyl sites for hydroxylation is 1. The van der Waals surface area contributed by atoms with Crippen LogP contribution < -0.4 is 10.2 Å². The minimum absolute atomic E-state index is 0.169. The second-order valence-electron chi connectivity index (χ2n) is 8.66. The van der Waals surface area contributed by atoms with E-state index in [1.54, 1.807) is 48.2 Å². The number of anilines is 1. The number of nitrogens with zero attached hydrogens (tertiary/aromatic N) is 4. The second-order valence-corrected chi connectivity index (χ2v) is 9.10. The van der Waals surface area contributed by atoms with Gasteiger partial charge in [-0.25, -0.2) is 13.8 Å². The predicted octanol–water partition coefficient (Wildman–Crippen LogP) is 4.82. The van der Waals surface area contributed by atoms with Crippen LogP contribution >= 0.6 is 11.6 Å². The zero-order chi connectivity index (χ0) is 23.2. The highest BCUT2D eigenvalue weighted by molar-refractivity contribution is 6.30. The fraction of sp³-hybridized carbons (Fsp3) is 0.391. The number of hydrogen-bond donors (Lipinski definition) is 1. The number of carbonyl (C=O) groups is 1. The van der Waals surface area contributed by atoms with E-state index in [1.807, 2.05) is 0 Å². The fourth-order valence-electron chi connectivity index (χ4n) is 3.97. The molecule has 172 valence electrons. The summed E-state index contributed by atoms with van der Waals surface area (Å²) in [4.78, 5) is 23.5. The topological polar surface area (TPSA) is 84.2 Å². The van der Waals surface area contributed by atoms with Gasteiger partial charge in [-0.2, -0.15) is 4.98 Å². The molecule has 1 aliphatic heterocycles. The molecule has 0 bridgehead atoms. The Labute approximate surface area is 194 Å². The average molecular weight is 474 g/mol. The van der Waals surface area contributed by atoms with Gasteiger partial charge in [0, 0.05) is 17.5 Å². The summed E-state index contributed by atoms with van der Waals surface area (Å²) in [5.41, 5.74) is 1.77. The molecule has 3 aromatic rings. The van der Waals surface area contributed by atoms with Gasteiger partial charge < -0.3 is 14.7 Å². The van der Waals surface area contributed by atoms with Crippen molar-refractivity contribution in [3.63, 3.8) is 0 Å². The molecule has 0 radical (unpaired) electrons. The Balaban J connectivity index is 1.44. The summed E-state index contributed by atoms with van der Waals surface area (Å²) in [6.45, 7) is 0.909. The Kier molecular flexibility index (Phi) is 5.52. The zero-order valence-electron chi connectivity index (χ0n) is 17.9. The van der Waals surface area contributed by atoms with Crippen LogP contribution in [-0.2, 0) is 0 Å². The van der Waals surface area contributed by atoms with Crippen LogP contribution in [-0.4, -0.2) is 40.0 Å². The van der Waals surface area contributed by atoms with E-state index in [2.05, 4.69) is 20.4 Å². The second kappa shape index (κ2) is 8.37. The molecule has 1 atom stereocenters. The number of hydrogen-bond acceptors (Lipinski definition) is 6. The first kappa shape index (κ1) is 21.8. The first-order valence-corrected chi connectivity index (χ1v) is 11.2. The molecule has 1 aromatic carbocycles. The molecule has 2 fully saturated rings. The highest BCUT2D eigenvalue weighted by Gasteiger charge is 2.45. The van der Waals surface area contributed by atoms with Crippen LogP contribution in [0.4, 0.5) is 14.5 Å². The number of nitrogens with one attached hydrogen (secondary N) is 1. The van der Waals surface area contributed by atoms with Crippen molar-refractivity contribution in [3.05, 3.63) is 58.8 Å². The van der Waals surface area contributed by atoms with Crippen LogP contribution in [0.25, 0.3) is 11.3 Å². The summed E-state index contributed by atoms with van der Waals surface area (Å²) >= 11 is 6.15. The lowest BCUT2D eigenvalue weighted by Crippen LogP contribution is -2.56. The van der Waals surface area contributed by atoms with Crippen LogP contribution in [0.1, 0.15) is 47.5 Å². The molecule has 10 heteroatoms. The lowest BCUT2D eigenvalue weighted by Gasteiger charge is -2.41. The highest BCUT2D eigenvalue weighted by Crippen LogP contribution is 2.39. The van der Waals surface area contributed by atoms with E-state index in [9.17, 15) is 13.6 Å². The van der Waals surface area contributed by atoms with Gasteiger partial charge in [-0.15, -0.1) is 0 Å². The summed E-state index contributed by atoms with van der Waals surface area (Å²) < 4.78 is 32.2. The van der Waals surface area contributed by atoms with Gasteiger partial charge in [0.05, 0.1) is 30.5 Å². The smallest absolute Gasteiger partial charge is 0.282 e. The fourth-order valence-corrected chi connectivity index (χ4v) is 4.16. The standard InChI is InChI=1S/C23H22ClF2N5O2/c1-13-27-21(30-33-13)18(9-14-5-6-14)29-22(32)17-7-8-19(31-11-23(25,26)12-31)20(28-17)15-3-2-4-16(24)10-15/h2-4,7-8,10,14,18H,5-6,9,11-12H2,1H3,(H,29,32)/t18-/m0/s1. The summed E-state index contributed by atoms with van der Waals surface area (Å²) in [6, 6.07) is 9.76. The molecule has 2 aromatic heterocycles. The van der Waals surface area contributed by atoms with E-state index < -0.39 is 31.0 Å². The number of amides is 1. The third-order valence-corrected chi connectivity index (χ3v) is 6.05. The summed E-state index contributed by atoms with van der Waals surface area (Å²) in [7, 11) is 0. The molecule has 1 aliphatic carbocycles. The largest absolute Gasteiger partial charge is 0.358 e. The van der Waals surface area contributed by atoms with E-state index in [0.717, 1.165) is 12.8 Å². The highest BCUT2D eigenvalue weighted by atomic mass is 35.5. The molecular formula is C23H22ClF2N5O2. The number of pyridine rings is 1. The van der Waals surface area contributed by atoms with Gasteiger partial charge >= 0.3 is 0 Å². The SMILES string of the molecule is Cc1nc([C@H](CC2CC2)NC(=O)c2ccc(N3CC(F)(F)C3)c(-c3cccc(Cl)c3)n2)no1. The molecule has 3 heterocycles. The molecule has 1 N–H and O–H groups in total. The van der Waals surface area contributed by atoms with Crippen molar-refractivity contribution in [2.24, 2.45) is 5.92 Å². The van der Waals surface area contributed by atoms with Crippen LogP contribution in [0.2, 0.25) is 5.02 Å². The molecule has 2 aliphatic rings. The van der Waals surface area contributed by atoms with Gasteiger partial charge in [-0.1, -0.05) is 41.7 Å². The quantitative estimate of drug-likeness (QED) is 0.529. The van der Waals surface area contributed by atoms with Gasteiger partial charge in [0.1, 0.15) is 5.69 Å². The molecule has 1 saturated heterocycles. The van der Waals surface area contributed by atoms with Gasteiger partial charge in [-0.05, 0) is 36.6 Å². The Morgan fingerprint density at radius 1 is 1.27 bits per heavy atom. The monoisotopic (exact) mass is 473 g/mol. The number of alkyl halides is 2. The Morgan fingerprint density at radius 3 is 2.70 bits per heavy atom. The molecule has 7 nitrogen and oxygen atoms in total. The molecular weight excluding hydrogens is 452 g/mol. The number of carbonyl (C=O) groups excluding carboxylic acids is 1. The van der Waals surface area contributed by atoms with Crippen molar-refractivity contribution in [1.82, 2.24) is 20.4 Å². The van der Waals surface area contributed by atoms with Crippen molar-refractivity contribution < 1.29 is 18.1 Å². The molecule has 1 saturated carbocycles. The average Bonchev–Trinajstić information content (AvgIpc) is 3.48. The van der Waals surface area contributed by atoms with Crippen molar-refractivity contribution in [3.8, 4) is 11.3 Å². The van der Waals surface area contributed by atoms with Gasteiger partial charge in [0.2, 0.25) is 5.89 Å². The van der Waals surface area contributed by atoms with Crippen molar-refractivity contribution >= 4 is 23.2 Å². The first-order chi connectivity index (χ1) is 15.8. The first-order valence-electron chi connectivity index (χ1n) is 10.8. The minimum Gasteiger partial charge on any atom is -0.358 e. The third-order valence-electron chi connectivity index (χ3n) is 5.82. The number of benzene rings is 1. The lowest BCUT2D eigenvalue weighted by atomic mass is 10.0. The van der Waals surface area contributed by atoms with E-state index >= 15 is 0 Å². The van der Waals surface area contributed by atoms with Crippen molar-refractivity contribution in [1.29, 1.82) is 0 Å². The zero-order valence-corrected chi connectivity index (χ0v) is 18.6. The van der Waals surface area contributed by atoms with Crippen LogP contribution in [0.5, 0.6) is 0 Å². The predicted molar refractivity (Wildman–Crippen MR) is 118 cm³/mol. The molecule has 1 amide bonds. The van der Waals surface area contributed by atoms with E-state index in [1.165, 1.54) is 0 Å². The normalized spacial score (nSPS) is 18.0. The summed E-state index contributed by atoms with van der Waals surface area (Å²) in [5, 5.41) is 7.43. The van der Waals surface area contributed by atoms with E-state index in [-0.39, 0.29) is 5.69 Å². The third kappa shape index (κ3) is 4.83. The van der Waals surface area contributed by atoms with Crippen LogP contribution in [0, 0.1) is 12.8 Å². The van der Waals surface area contributed by atoms with Gasteiger partial charge in [0.25, 0.3) is 11.8 Å². The number of aromatic nitrogens is 3. The lowest BCUT2D eigenvalue weighted by molar-refractivity contribution is -0.0262. The van der Waals surface area contributed by atoms with Gasteiger partial charge in [0.15, 0.2) is 5.82 Å². The number of rotatable bonds is 7. The van der Waals surface area contributed by atoms with Crippen molar-refractivity contribution in [2.75, 3.05) is 18.0 Å². The maximum atomic E-state index is 13.5. The van der Waals surface area contributed by atoms with Crippen LogP contribution in [0.3, 0.4) is 0 Å². The maximum Gasteiger partial charge on any atom is 0.282 e. The maximum absolute atomic E-state index is 13.5. The van der Waals surface area contributed by atoms with Crippen molar-refractivity contribution in [2.45, 2.75) is 38.2 Å². The minimum atomic E-state index is -2.74. The van der Waals surface area contributed by atoms with E-state index in [0.29, 0.717) is 46.0 Å². The Morgan fingerprint density at radius 2 is 2.06 bits per heavy atom. The molecule has 0 spiro atoms. The van der Waals surface area contributed by atoms with E-state index in [4.69, 9.17) is 16.1 Å². The van der Waals surface area contributed by atoms with Gasteiger partial charge in [-0.3, -0.25) is 4.79 Å². The molecule has 5 rings (SSSR count). The van der Waals surface area contributed by atoms with Crippen LogP contribution in [0.15, 0.2) is 40.9 Å². The number of halogens is 3. The molecule has 0 unspecified atom stereocenters.